The molecule has 1 spiro atoms. The van der Waals surface area contributed by atoms with Gasteiger partial charge in [-0.3, -0.25) is 4.99 Å². The number of rotatable bonds is 8. The third kappa shape index (κ3) is 6.26. The standard InChI is InChI=1S/C59H43N3/c60-55(42-19-4-1-5-20-42)39-56(43-21-6-2-7-22-43)61-40-41-18-16-23-44(36-41)45-24-17-25-46(37-45)47-34-35-50-49-28-10-11-29-51(49)59(54(50)38-47)52-30-12-14-32-57(52)62(48-26-8-3-9-27-48)58-33-15-13-31-53(58)59/h1-39H,40,60H2. The summed E-state index contributed by atoms with van der Waals surface area (Å²) in [6.45, 7) is 0.522. The Kier molecular flexibility index (Phi) is 9.28. The van der Waals surface area contributed by atoms with Crippen molar-refractivity contribution >= 4 is 28.5 Å². The Morgan fingerprint density at radius 1 is 0.435 bits per heavy atom. The number of hydrogen-bond acceptors (Lipinski definition) is 3. The molecule has 9 aromatic carbocycles. The number of nitrogens with two attached hydrogens (primary N) is 1. The Morgan fingerprint density at radius 2 is 0.952 bits per heavy atom. The molecular weight excluding hydrogens is 751 g/mol. The number of anilines is 3. The van der Waals surface area contributed by atoms with Crippen LogP contribution in [-0.2, 0) is 12.0 Å². The van der Waals surface area contributed by atoms with E-state index in [2.05, 4.69) is 187 Å². The summed E-state index contributed by atoms with van der Waals surface area (Å²) in [4.78, 5) is 7.57. The summed E-state index contributed by atoms with van der Waals surface area (Å²) in [5.74, 6) is 0. The van der Waals surface area contributed by atoms with Gasteiger partial charge in [0.1, 0.15) is 0 Å². The predicted molar refractivity (Wildman–Crippen MR) is 258 cm³/mol. The Labute approximate surface area is 363 Å². The van der Waals surface area contributed by atoms with E-state index in [-0.39, 0.29) is 0 Å². The highest BCUT2D eigenvalue weighted by Crippen LogP contribution is 2.63. The van der Waals surface area contributed by atoms with Crippen LogP contribution < -0.4 is 10.6 Å². The van der Waals surface area contributed by atoms with Crippen LogP contribution in [0, 0.1) is 0 Å². The summed E-state index contributed by atoms with van der Waals surface area (Å²) in [7, 11) is 0. The largest absolute Gasteiger partial charge is 0.398 e. The molecule has 0 unspecified atom stereocenters. The van der Waals surface area contributed by atoms with Gasteiger partial charge in [-0.05, 0) is 121 Å². The van der Waals surface area contributed by atoms with Crippen molar-refractivity contribution in [2.45, 2.75) is 12.0 Å². The van der Waals surface area contributed by atoms with Gasteiger partial charge in [0.25, 0.3) is 0 Å². The third-order valence-electron chi connectivity index (χ3n) is 12.5. The van der Waals surface area contributed by atoms with E-state index in [0.29, 0.717) is 12.2 Å². The number of benzene rings is 9. The monoisotopic (exact) mass is 793 g/mol. The normalized spacial score (nSPS) is 13.6. The lowest BCUT2D eigenvalue weighted by atomic mass is 9.64. The maximum Gasteiger partial charge on any atom is 0.0754 e. The number of hydrogen-bond donors (Lipinski definition) is 1. The highest BCUT2D eigenvalue weighted by molar-refractivity contribution is 6.12. The molecule has 294 valence electrons. The average Bonchev–Trinajstić information content (AvgIpc) is 3.64. The second-order valence-electron chi connectivity index (χ2n) is 16.1. The van der Waals surface area contributed by atoms with Crippen LogP contribution in [0.2, 0.25) is 0 Å². The molecule has 1 aliphatic heterocycles. The minimum absolute atomic E-state index is 0.508. The van der Waals surface area contributed by atoms with E-state index in [1.807, 2.05) is 54.6 Å². The Hall–Kier alpha value is -8.01. The minimum atomic E-state index is -0.508. The Balaban J connectivity index is 0.989. The van der Waals surface area contributed by atoms with Crippen LogP contribution in [0.5, 0.6) is 0 Å². The number of nitrogens with zero attached hydrogens (tertiary/aromatic N) is 2. The molecule has 62 heavy (non-hydrogen) atoms. The van der Waals surface area contributed by atoms with Crippen molar-refractivity contribution in [2.75, 3.05) is 4.90 Å². The van der Waals surface area contributed by atoms with Crippen molar-refractivity contribution in [3.8, 4) is 33.4 Å². The lowest BCUT2D eigenvalue weighted by Gasteiger charge is -2.45. The van der Waals surface area contributed by atoms with Gasteiger partial charge in [-0.25, -0.2) is 0 Å². The first-order valence-corrected chi connectivity index (χ1v) is 21.3. The van der Waals surface area contributed by atoms with E-state index in [9.17, 15) is 0 Å². The van der Waals surface area contributed by atoms with Gasteiger partial charge in [-0.15, -0.1) is 0 Å². The molecule has 0 radical (unpaired) electrons. The molecule has 2 aliphatic rings. The highest BCUT2D eigenvalue weighted by Gasteiger charge is 2.51. The van der Waals surface area contributed by atoms with Gasteiger partial charge in [-0.2, -0.15) is 0 Å². The van der Waals surface area contributed by atoms with Crippen LogP contribution in [0.15, 0.2) is 242 Å². The summed E-state index contributed by atoms with van der Waals surface area (Å²) in [5.41, 5.74) is 26.8. The quantitative estimate of drug-likeness (QED) is 0.156. The summed E-state index contributed by atoms with van der Waals surface area (Å²) in [6.07, 6.45) is 1.99. The zero-order valence-electron chi connectivity index (χ0n) is 34.2. The first-order valence-electron chi connectivity index (χ1n) is 21.3. The third-order valence-corrected chi connectivity index (χ3v) is 12.5. The molecule has 0 fully saturated rings. The van der Waals surface area contributed by atoms with Gasteiger partial charge >= 0.3 is 0 Å². The van der Waals surface area contributed by atoms with Crippen molar-refractivity contribution < 1.29 is 0 Å². The fourth-order valence-electron chi connectivity index (χ4n) is 9.74. The lowest BCUT2D eigenvalue weighted by Crippen LogP contribution is -2.36. The van der Waals surface area contributed by atoms with E-state index in [0.717, 1.165) is 39.2 Å². The summed E-state index contributed by atoms with van der Waals surface area (Å²) >= 11 is 0. The molecular formula is C59H43N3. The van der Waals surface area contributed by atoms with Crippen molar-refractivity contribution in [1.29, 1.82) is 0 Å². The number of fused-ring (bicyclic) bond motifs is 9. The van der Waals surface area contributed by atoms with Crippen LogP contribution in [0.25, 0.3) is 39.1 Å². The highest BCUT2D eigenvalue weighted by atomic mass is 15.2. The summed E-state index contributed by atoms with van der Waals surface area (Å²) in [6, 6.07) is 82.9. The molecule has 11 rings (SSSR count). The van der Waals surface area contributed by atoms with Gasteiger partial charge in [0.2, 0.25) is 0 Å². The topological polar surface area (TPSA) is 41.6 Å². The first kappa shape index (κ1) is 37.0. The van der Waals surface area contributed by atoms with Crippen LogP contribution in [-0.4, -0.2) is 5.71 Å². The minimum Gasteiger partial charge on any atom is -0.398 e. The molecule has 0 atom stereocenters. The zero-order valence-corrected chi connectivity index (χ0v) is 34.2. The van der Waals surface area contributed by atoms with Crippen molar-refractivity contribution in [3.63, 3.8) is 0 Å². The van der Waals surface area contributed by atoms with Crippen LogP contribution in [0.4, 0.5) is 17.1 Å². The van der Waals surface area contributed by atoms with Gasteiger partial charge in [0.15, 0.2) is 0 Å². The number of para-hydroxylation sites is 3. The SMILES string of the molecule is NC(=CC(=NCc1cccc(-c2cccc(-c3ccc4c(c3)C3(c5ccccc5-4)c4ccccc4N(c4ccccc4)c4ccccc43)c2)c1)c1ccccc1)c1ccccc1. The molecule has 1 aliphatic carbocycles. The second kappa shape index (κ2) is 15.5. The van der Waals surface area contributed by atoms with E-state index in [1.54, 1.807) is 0 Å². The second-order valence-corrected chi connectivity index (χ2v) is 16.1. The fourth-order valence-corrected chi connectivity index (χ4v) is 9.74. The Bertz CT molecular complexity index is 3120. The Morgan fingerprint density at radius 3 is 1.63 bits per heavy atom. The first-order chi connectivity index (χ1) is 30.7. The fraction of sp³-hybridized carbons (Fsp3) is 0.0339. The maximum absolute atomic E-state index is 6.61. The number of aliphatic imine (C=N–C) groups is 1. The van der Waals surface area contributed by atoms with Gasteiger partial charge in [0, 0.05) is 11.4 Å². The molecule has 2 N–H and O–H groups in total. The number of allylic oxidation sites excluding steroid dienone is 1. The van der Waals surface area contributed by atoms with Gasteiger partial charge in [-0.1, -0.05) is 188 Å². The molecule has 3 nitrogen and oxygen atoms in total. The molecule has 3 heteroatoms. The lowest BCUT2D eigenvalue weighted by molar-refractivity contribution is 0.753. The van der Waals surface area contributed by atoms with E-state index < -0.39 is 5.41 Å². The predicted octanol–water partition coefficient (Wildman–Crippen LogP) is 14.2. The van der Waals surface area contributed by atoms with E-state index in [4.69, 9.17) is 10.7 Å². The van der Waals surface area contributed by atoms with Gasteiger partial charge < -0.3 is 10.6 Å². The van der Waals surface area contributed by atoms with Crippen LogP contribution in [0.3, 0.4) is 0 Å². The molecule has 9 aromatic rings. The maximum atomic E-state index is 6.61. The summed E-state index contributed by atoms with van der Waals surface area (Å²) in [5, 5.41) is 0. The zero-order chi connectivity index (χ0) is 41.5. The van der Waals surface area contributed by atoms with Crippen molar-refractivity contribution in [2.24, 2.45) is 10.7 Å². The van der Waals surface area contributed by atoms with Crippen molar-refractivity contribution in [1.82, 2.24) is 0 Å². The van der Waals surface area contributed by atoms with E-state index in [1.165, 1.54) is 55.9 Å². The molecule has 0 bridgehead atoms. The molecule has 0 saturated heterocycles. The van der Waals surface area contributed by atoms with E-state index >= 15 is 0 Å². The average molecular weight is 794 g/mol. The summed E-state index contributed by atoms with van der Waals surface area (Å²) < 4.78 is 0. The van der Waals surface area contributed by atoms with Gasteiger partial charge in [0.05, 0.1) is 29.0 Å². The smallest absolute Gasteiger partial charge is 0.0754 e. The van der Waals surface area contributed by atoms with Crippen LogP contribution >= 0.6 is 0 Å². The molecule has 0 amide bonds. The van der Waals surface area contributed by atoms with Crippen molar-refractivity contribution in [3.05, 3.63) is 276 Å². The molecule has 1 heterocycles. The molecule has 0 aromatic heterocycles. The molecule has 0 saturated carbocycles. The van der Waals surface area contributed by atoms with Crippen LogP contribution in [0.1, 0.15) is 38.9 Å².